The van der Waals surface area contributed by atoms with Crippen LogP contribution in [-0.2, 0) is 14.8 Å². The number of sulfonamides is 1. The van der Waals surface area contributed by atoms with Crippen LogP contribution in [0.3, 0.4) is 0 Å². The van der Waals surface area contributed by atoms with E-state index in [9.17, 15) is 17.6 Å². The molecule has 9 heteroatoms. The average molecular weight is 413 g/mol. The summed E-state index contributed by atoms with van der Waals surface area (Å²) in [6.45, 7) is 0.0401. The number of amides is 1. The summed E-state index contributed by atoms with van der Waals surface area (Å²) in [4.78, 5) is 12.1. The quantitative estimate of drug-likeness (QED) is 0.696. The SMILES string of the molecule is O=C(CCOc1ccc(F)cc1Cl)Nc1cccc(S(=O)(=O)NC2CC2)c1. The Morgan fingerprint density at radius 2 is 2.00 bits per heavy atom. The fourth-order valence-electron chi connectivity index (χ4n) is 2.30. The summed E-state index contributed by atoms with van der Waals surface area (Å²) in [5, 5.41) is 2.75. The normalized spacial score (nSPS) is 14.0. The molecule has 27 heavy (non-hydrogen) atoms. The molecule has 1 aliphatic rings. The average Bonchev–Trinajstić information content (AvgIpc) is 3.40. The van der Waals surface area contributed by atoms with Gasteiger partial charge in [0, 0.05) is 11.7 Å². The van der Waals surface area contributed by atoms with Crippen molar-refractivity contribution in [1.82, 2.24) is 4.72 Å². The second-order valence-electron chi connectivity index (χ2n) is 6.14. The van der Waals surface area contributed by atoms with E-state index in [-0.39, 0.29) is 40.6 Å². The molecule has 144 valence electrons. The number of hydrogen-bond donors (Lipinski definition) is 2. The Hall–Kier alpha value is -2.16. The summed E-state index contributed by atoms with van der Waals surface area (Å²) in [5.41, 5.74) is 0.374. The molecule has 2 aromatic carbocycles. The molecule has 0 radical (unpaired) electrons. The van der Waals surface area contributed by atoms with Crippen LogP contribution in [0.1, 0.15) is 19.3 Å². The number of halogens is 2. The fourth-order valence-corrected chi connectivity index (χ4v) is 3.87. The summed E-state index contributed by atoms with van der Waals surface area (Å²) < 4.78 is 45.4. The van der Waals surface area contributed by atoms with E-state index in [0.717, 1.165) is 18.9 Å². The third-order valence-electron chi connectivity index (χ3n) is 3.81. The Labute approximate surface area is 161 Å². The molecule has 0 aliphatic heterocycles. The number of benzene rings is 2. The van der Waals surface area contributed by atoms with E-state index < -0.39 is 15.8 Å². The highest BCUT2D eigenvalue weighted by molar-refractivity contribution is 7.89. The van der Waals surface area contributed by atoms with E-state index in [1.165, 1.54) is 24.3 Å². The minimum Gasteiger partial charge on any atom is -0.491 e. The molecule has 2 aromatic rings. The van der Waals surface area contributed by atoms with Gasteiger partial charge in [-0.2, -0.15) is 0 Å². The van der Waals surface area contributed by atoms with Gasteiger partial charge in [-0.05, 0) is 49.2 Å². The zero-order valence-electron chi connectivity index (χ0n) is 14.2. The maximum Gasteiger partial charge on any atom is 0.240 e. The first-order valence-corrected chi connectivity index (χ1v) is 10.2. The molecule has 2 N–H and O–H groups in total. The molecular weight excluding hydrogens is 395 g/mol. The van der Waals surface area contributed by atoms with Crippen molar-refractivity contribution >= 4 is 33.2 Å². The lowest BCUT2D eigenvalue weighted by molar-refractivity contribution is -0.116. The molecule has 0 saturated heterocycles. The van der Waals surface area contributed by atoms with Gasteiger partial charge in [-0.1, -0.05) is 17.7 Å². The number of anilines is 1. The van der Waals surface area contributed by atoms with Crippen molar-refractivity contribution in [1.29, 1.82) is 0 Å². The van der Waals surface area contributed by atoms with Crippen LogP contribution in [0, 0.1) is 5.82 Å². The summed E-state index contributed by atoms with van der Waals surface area (Å²) in [7, 11) is -3.59. The smallest absolute Gasteiger partial charge is 0.240 e. The van der Waals surface area contributed by atoms with Crippen molar-refractivity contribution in [2.45, 2.75) is 30.2 Å². The predicted molar refractivity (Wildman–Crippen MR) is 99.9 cm³/mol. The van der Waals surface area contributed by atoms with Crippen molar-refractivity contribution in [2.24, 2.45) is 0 Å². The van der Waals surface area contributed by atoms with E-state index >= 15 is 0 Å². The van der Waals surface area contributed by atoms with E-state index in [4.69, 9.17) is 16.3 Å². The Morgan fingerprint density at radius 1 is 1.22 bits per heavy atom. The van der Waals surface area contributed by atoms with Crippen molar-refractivity contribution in [3.05, 3.63) is 53.3 Å². The zero-order chi connectivity index (χ0) is 19.4. The Morgan fingerprint density at radius 3 is 2.70 bits per heavy atom. The summed E-state index contributed by atoms with van der Waals surface area (Å²) in [6.07, 6.45) is 1.70. The minimum absolute atomic E-state index is 0.00341. The van der Waals surface area contributed by atoms with Gasteiger partial charge in [-0.3, -0.25) is 4.79 Å². The first-order chi connectivity index (χ1) is 12.8. The maximum absolute atomic E-state index is 13.0. The molecule has 0 unspecified atom stereocenters. The number of ether oxygens (including phenoxy) is 1. The highest BCUT2D eigenvalue weighted by Crippen LogP contribution is 2.25. The van der Waals surface area contributed by atoms with Gasteiger partial charge >= 0.3 is 0 Å². The molecule has 1 fully saturated rings. The monoisotopic (exact) mass is 412 g/mol. The van der Waals surface area contributed by atoms with E-state index in [1.54, 1.807) is 12.1 Å². The summed E-state index contributed by atoms with van der Waals surface area (Å²) in [5.74, 6) is -0.542. The molecule has 1 amide bonds. The lowest BCUT2D eigenvalue weighted by atomic mass is 10.3. The standard InChI is InChI=1S/C18H18ClFN2O4S/c19-16-10-12(20)4-7-17(16)26-9-8-18(23)21-14-2-1-3-15(11-14)27(24,25)22-13-5-6-13/h1-4,7,10-11,13,22H,5-6,8-9H2,(H,21,23). The Kier molecular flexibility index (Phi) is 5.98. The van der Waals surface area contributed by atoms with Crippen LogP contribution in [-0.4, -0.2) is 27.0 Å². The zero-order valence-corrected chi connectivity index (χ0v) is 15.8. The highest BCUT2D eigenvalue weighted by atomic mass is 35.5. The summed E-state index contributed by atoms with van der Waals surface area (Å²) >= 11 is 5.85. The lowest BCUT2D eigenvalue weighted by Crippen LogP contribution is -2.25. The van der Waals surface area contributed by atoms with Crippen LogP contribution in [0.5, 0.6) is 5.75 Å². The van der Waals surface area contributed by atoms with Crippen molar-refractivity contribution in [3.8, 4) is 5.75 Å². The van der Waals surface area contributed by atoms with Crippen molar-refractivity contribution in [3.63, 3.8) is 0 Å². The number of carbonyl (C=O) groups excluding carboxylic acids is 1. The Balaban J connectivity index is 1.54. The topological polar surface area (TPSA) is 84.5 Å². The van der Waals surface area contributed by atoms with Crippen LogP contribution >= 0.6 is 11.6 Å². The van der Waals surface area contributed by atoms with Crippen LogP contribution in [0.25, 0.3) is 0 Å². The molecule has 6 nitrogen and oxygen atoms in total. The number of rotatable bonds is 8. The van der Waals surface area contributed by atoms with Gasteiger partial charge in [0.05, 0.1) is 22.9 Å². The van der Waals surface area contributed by atoms with Gasteiger partial charge in [0.25, 0.3) is 0 Å². The molecule has 1 aliphatic carbocycles. The lowest BCUT2D eigenvalue weighted by Gasteiger charge is -2.10. The Bertz CT molecular complexity index is 948. The first kappa shape index (κ1) is 19.6. The van der Waals surface area contributed by atoms with Gasteiger partial charge in [-0.15, -0.1) is 0 Å². The molecule has 1 saturated carbocycles. The van der Waals surface area contributed by atoms with Crippen LogP contribution in [0.2, 0.25) is 5.02 Å². The third kappa shape index (κ3) is 5.66. The van der Waals surface area contributed by atoms with Crippen molar-refractivity contribution < 1.29 is 22.3 Å². The van der Waals surface area contributed by atoms with Crippen LogP contribution in [0.15, 0.2) is 47.4 Å². The number of carbonyl (C=O) groups is 1. The van der Waals surface area contributed by atoms with Crippen molar-refractivity contribution in [2.75, 3.05) is 11.9 Å². The third-order valence-corrected chi connectivity index (χ3v) is 5.62. The summed E-state index contributed by atoms with van der Waals surface area (Å²) in [6, 6.07) is 9.76. The first-order valence-electron chi connectivity index (χ1n) is 8.33. The van der Waals surface area contributed by atoms with Gasteiger partial charge in [0.1, 0.15) is 11.6 Å². The van der Waals surface area contributed by atoms with E-state index in [1.807, 2.05) is 0 Å². The molecule has 0 aromatic heterocycles. The molecule has 0 atom stereocenters. The second-order valence-corrected chi connectivity index (χ2v) is 8.27. The second kappa shape index (κ2) is 8.24. The van der Waals surface area contributed by atoms with Gasteiger partial charge in [0.15, 0.2) is 0 Å². The van der Waals surface area contributed by atoms with Gasteiger partial charge in [0.2, 0.25) is 15.9 Å². The molecule has 0 spiro atoms. The number of nitrogens with one attached hydrogen (secondary N) is 2. The fraction of sp³-hybridized carbons (Fsp3) is 0.278. The molecule has 3 rings (SSSR count). The van der Waals surface area contributed by atoms with E-state index in [0.29, 0.717) is 5.69 Å². The van der Waals surface area contributed by atoms with Gasteiger partial charge < -0.3 is 10.1 Å². The van der Waals surface area contributed by atoms with Gasteiger partial charge in [-0.25, -0.2) is 17.5 Å². The van der Waals surface area contributed by atoms with Crippen LogP contribution in [0.4, 0.5) is 10.1 Å². The number of hydrogen-bond acceptors (Lipinski definition) is 4. The van der Waals surface area contributed by atoms with Crippen LogP contribution < -0.4 is 14.8 Å². The minimum atomic E-state index is -3.59. The molecular formula is C18H18ClFN2O4S. The highest BCUT2D eigenvalue weighted by Gasteiger charge is 2.28. The van der Waals surface area contributed by atoms with E-state index in [2.05, 4.69) is 10.0 Å². The largest absolute Gasteiger partial charge is 0.491 e. The predicted octanol–water partition coefficient (Wildman–Crippen LogP) is 3.33. The molecule has 0 bridgehead atoms. The maximum atomic E-state index is 13.0. The molecule has 0 heterocycles.